The van der Waals surface area contributed by atoms with Crippen molar-refractivity contribution in [2.45, 2.75) is 13.0 Å². The highest BCUT2D eigenvalue weighted by Crippen LogP contribution is 2.39. The highest BCUT2D eigenvalue weighted by atomic mass is 16.5. The molecule has 0 saturated carbocycles. The van der Waals surface area contributed by atoms with Gasteiger partial charge in [0.2, 0.25) is 17.6 Å². The number of rotatable bonds is 8. The first-order valence-corrected chi connectivity index (χ1v) is 7.82. The summed E-state index contributed by atoms with van der Waals surface area (Å²) in [4.78, 5) is 27.9. The van der Waals surface area contributed by atoms with Crippen LogP contribution in [0.25, 0.3) is 0 Å². The minimum absolute atomic E-state index is 0.304. The van der Waals surface area contributed by atoms with Crippen LogP contribution in [0.3, 0.4) is 0 Å². The molecule has 0 radical (unpaired) electrons. The number of carbonyl (C=O) groups is 2. The second-order valence-corrected chi connectivity index (χ2v) is 5.27. The first-order chi connectivity index (χ1) is 12.6. The lowest BCUT2D eigenvalue weighted by molar-refractivity contribution is -0.126. The second-order valence-electron chi connectivity index (χ2n) is 5.27. The van der Waals surface area contributed by atoms with Crippen molar-refractivity contribution in [3.05, 3.63) is 42.2 Å². The summed E-state index contributed by atoms with van der Waals surface area (Å²) in [6, 6.07) is 6.76. The van der Waals surface area contributed by atoms with E-state index < -0.39 is 5.91 Å². The number of carbonyl (C=O) groups excluding carboxylic acids is 2. The van der Waals surface area contributed by atoms with Crippen LogP contribution in [-0.4, -0.2) is 38.1 Å². The molecule has 0 saturated heterocycles. The summed E-state index contributed by atoms with van der Waals surface area (Å²) >= 11 is 0. The molecule has 0 spiro atoms. The predicted molar refractivity (Wildman–Crippen MR) is 95.4 cm³/mol. The molecule has 1 aromatic carbocycles. The van der Waals surface area contributed by atoms with Crippen molar-refractivity contribution in [1.29, 1.82) is 0 Å². The Labute approximate surface area is 151 Å². The predicted octanol–water partition coefficient (Wildman–Crippen LogP) is 1.75. The molecule has 2 N–H and O–H groups in total. The zero-order valence-electron chi connectivity index (χ0n) is 14.9. The highest BCUT2D eigenvalue weighted by Gasteiger charge is 2.15. The van der Waals surface area contributed by atoms with E-state index in [1.54, 1.807) is 36.7 Å². The van der Waals surface area contributed by atoms with Crippen LogP contribution in [0.15, 0.2) is 36.7 Å². The zero-order chi connectivity index (χ0) is 18.9. The van der Waals surface area contributed by atoms with E-state index in [4.69, 9.17) is 14.2 Å². The van der Waals surface area contributed by atoms with Crippen molar-refractivity contribution < 1.29 is 23.8 Å². The molecule has 0 bridgehead atoms. The van der Waals surface area contributed by atoms with E-state index in [2.05, 4.69) is 15.6 Å². The molecule has 138 valence electrons. The standard InChI is InChI=1S/C18H21N3O5/c1-24-14-8-13(9-15(25-2)18(14)26-3)21-17(23)10-16(22)20-11-12-4-6-19-7-5-12/h4-9H,10-11H2,1-3H3,(H,20,22)(H,21,23). The maximum Gasteiger partial charge on any atom is 0.233 e. The van der Waals surface area contributed by atoms with E-state index in [0.717, 1.165) is 5.56 Å². The van der Waals surface area contributed by atoms with Gasteiger partial charge in [0.05, 0.1) is 21.3 Å². The van der Waals surface area contributed by atoms with Crippen LogP contribution >= 0.6 is 0 Å². The summed E-state index contributed by atoms with van der Waals surface area (Å²) in [7, 11) is 4.46. The summed E-state index contributed by atoms with van der Waals surface area (Å²) in [5.41, 5.74) is 1.34. The number of ether oxygens (including phenoxy) is 3. The maximum atomic E-state index is 12.1. The van der Waals surface area contributed by atoms with Crippen LogP contribution in [0.5, 0.6) is 17.2 Å². The molecule has 1 heterocycles. The van der Waals surface area contributed by atoms with Crippen molar-refractivity contribution in [1.82, 2.24) is 10.3 Å². The lowest BCUT2D eigenvalue weighted by Gasteiger charge is -2.14. The number of methoxy groups -OCH3 is 3. The third-order valence-electron chi connectivity index (χ3n) is 3.51. The van der Waals surface area contributed by atoms with E-state index in [1.807, 2.05) is 0 Å². The van der Waals surface area contributed by atoms with Gasteiger partial charge in [-0.15, -0.1) is 0 Å². The van der Waals surface area contributed by atoms with Crippen molar-refractivity contribution in [2.24, 2.45) is 0 Å². The van der Waals surface area contributed by atoms with Gasteiger partial charge in [0.15, 0.2) is 11.5 Å². The smallest absolute Gasteiger partial charge is 0.233 e. The molecular weight excluding hydrogens is 338 g/mol. The Hall–Kier alpha value is -3.29. The van der Waals surface area contributed by atoms with Gasteiger partial charge < -0.3 is 24.8 Å². The van der Waals surface area contributed by atoms with Gasteiger partial charge in [0.1, 0.15) is 6.42 Å². The number of benzene rings is 1. The van der Waals surface area contributed by atoms with Crippen LogP contribution in [0.4, 0.5) is 5.69 Å². The zero-order valence-corrected chi connectivity index (χ0v) is 14.9. The van der Waals surface area contributed by atoms with Gasteiger partial charge in [-0.05, 0) is 17.7 Å². The number of nitrogens with zero attached hydrogens (tertiary/aromatic N) is 1. The average Bonchev–Trinajstić information content (AvgIpc) is 2.66. The molecule has 26 heavy (non-hydrogen) atoms. The Morgan fingerprint density at radius 3 is 2.12 bits per heavy atom. The lowest BCUT2D eigenvalue weighted by Crippen LogP contribution is -2.27. The molecular formula is C18H21N3O5. The Balaban J connectivity index is 1.95. The quantitative estimate of drug-likeness (QED) is 0.697. The Morgan fingerprint density at radius 2 is 1.58 bits per heavy atom. The highest BCUT2D eigenvalue weighted by molar-refractivity contribution is 6.03. The SMILES string of the molecule is COc1cc(NC(=O)CC(=O)NCc2ccncc2)cc(OC)c1OC. The number of nitrogens with one attached hydrogen (secondary N) is 2. The fourth-order valence-electron chi connectivity index (χ4n) is 2.27. The van der Waals surface area contributed by atoms with Gasteiger partial charge >= 0.3 is 0 Å². The van der Waals surface area contributed by atoms with Crippen molar-refractivity contribution >= 4 is 17.5 Å². The minimum Gasteiger partial charge on any atom is -0.493 e. The molecule has 8 nitrogen and oxygen atoms in total. The first-order valence-electron chi connectivity index (χ1n) is 7.82. The first kappa shape index (κ1) is 19.0. The fourth-order valence-corrected chi connectivity index (χ4v) is 2.27. The van der Waals surface area contributed by atoms with E-state index in [9.17, 15) is 9.59 Å². The van der Waals surface area contributed by atoms with Gasteiger partial charge in [-0.2, -0.15) is 0 Å². The Morgan fingerprint density at radius 1 is 0.962 bits per heavy atom. The third kappa shape index (κ3) is 5.10. The average molecular weight is 359 g/mol. The van der Waals surface area contributed by atoms with Crippen LogP contribution < -0.4 is 24.8 Å². The molecule has 2 amide bonds. The minimum atomic E-state index is -0.452. The molecule has 1 aromatic heterocycles. The molecule has 0 atom stereocenters. The largest absolute Gasteiger partial charge is 0.493 e. The summed E-state index contributed by atoms with van der Waals surface area (Å²) in [6.45, 7) is 0.332. The van der Waals surface area contributed by atoms with Gasteiger partial charge in [-0.25, -0.2) is 0 Å². The van der Waals surface area contributed by atoms with Crippen LogP contribution in [0.1, 0.15) is 12.0 Å². The topological polar surface area (TPSA) is 98.8 Å². The van der Waals surface area contributed by atoms with Crippen molar-refractivity contribution in [3.8, 4) is 17.2 Å². The van der Waals surface area contributed by atoms with E-state index in [-0.39, 0.29) is 12.3 Å². The molecule has 0 aliphatic heterocycles. The fraction of sp³-hybridized carbons (Fsp3) is 0.278. The summed E-state index contributed by atoms with van der Waals surface area (Å²) in [5.74, 6) is 0.398. The normalized spacial score (nSPS) is 9.96. The third-order valence-corrected chi connectivity index (χ3v) is 3.51. The van der Waals surface area contributed by atoms with Gasteiger partial charge in [0, 0.05) is 36.8 Å². The van der Waals surface area contributed by atoms with Crippen molar-refractivity contribution in [3.63, 3.8) is 0 Å². The summed E-state index contributed by atoms with van der Waals surface area (Å²) in [5, 5.41) is 5.33. The monoisotopic (exact) mass is 359 g/mol. The van der Waals surface area contributed by atoms with Gasteiger partial charge in [-0.1, -0.05) is 0 Å². The molecule has 0 aliphatic rings. The number of anilines is 1. The molecule has 0 aliphatic carbocycles. The maximum absolute atomic E-state index is 12.1. The van der Waals surface area contributed by atoms with Gasteiger partial charge in [0.25, 0.3) is 0 Å². The number of pyridine rings is 1. The molecule has 2 aromatic rings. The van der Waals surface area contributed by atoms with E-state index in [0.29, 0.717) is 29.5 Å². The van der Waals surface area contributed by atoms with E-state index >= 15 is 0 Å². The molecule has 0 fully saturated rings. The van der Waals surface area contributed by atoms with Crippen molar-refractivity contribution in [2.75, 3.05) is 26.6 Å². The molecule has 8 heteroatoms. The number of hydrogen-bond acceptors (Lipinski definition) is 6. The molecule has 2 rings (SSSR count). The number of aromatic nitrogens is 1. The van der Waals surface area contributed by atoms with Crippen LogP contribution in [0.2, 0.25) is 0 Å². The molecule has 0 unspecified atom stereocenters. The second kappa shape index (κ2) is 9.26. The summed E-state index contributed by atoms with van der Waals surface area (Å²) < 4.78 is 15.7. The Kier molecular flexibility index (Phi) is 6.78. The van der Waals surface area contributed by atoms with Crippen LogP contribution in [-0.2, 0) is 16.1 Å². The number of hydrogen-bond donors (Lipinski definition) is 2. The lowest BCUT2D eigenvalue weighted by atomic mass is 10.2. The van der Waals surface area contributed by atoms with E-state index in [1.165, 1.54) is 21.3 Å². The van der Waals surface area contributed by atoms with Gasteiger partial charge in [-0.3, -0.25) is 14.6 Å². The summed E-state index contributed by atoms with van der Waals surface area (Å²) in [6.07, 6.45) is 2.97. The van der Waals surface area contributed by atoms with Crippen LogP contribution in [0, 0.1) is 0 Å². The Bertz CT molecular complexity index is 740. The number of amides is 2.